The summed E-state index contributed by atoms with van der Waals surface area (Å²) < 4.78 is 5.39. The molecule has 3 rings (SSSR count). The van der Waals surface area contributed by atoms with E-state index in [1.807, 2.05) is 12.1 Å². The van der Waals surface area contributed by atoms with E-state index in [1.54, 1.807) is 11.4 Å². The molecule has 0 fully saturated rings. The first-order chi connectivity index (χ1) is 10.1. The third-order valence-electron chi connectivity index (χ3n) is 3.07. The Morgan fingerprint density at radius 3 is 2.90 bits per heavy atom. The molecule has 0 saturated carbocycles. The number of urea groups is 1. The lowest BCUT2D eigenvalue weighted by molar-refractivity contribution is 0.0698. The van der Waals surface area contributed by atoms with E-state index < -0.39 is 12.0 Å². The summed E-state index contributed by atoms with van der Waals surface area (Å²) in [6.07, 6.45) is 0.820. The standard InChI is InChI=1S/C14H12N2O4S/c17-13(18)10-4-6-21-12(10)16-14(19)15-9-1-2-11-8(7-9)3-5-20-11/h1-2,4,6-7H,3,5H2,(H,17,18)(H2,15,16,19). The molecule has 3 N–H and O–H groups in total. The van der Waals surface area contributed by atoms with Gasteiger partial charge in [0.25, 0.3) is 0 Å². The third-order valence-corrected chi connectivity index (χ3v) is 3.90. The van der Waals surface area contributed by atoms with Crippen LogP contribution in [0.1, 0.15) is 15.9 Å². The van der Waals surface area contributed by atoms with Crippen molar-refractivity contribution in [3.05, 3.63) is 40.8 Å². The number of hydrogen-bond acceptors (Lipinski definition) is 4. The van der Waals surface area contributed by atoms with Gasteiger partial charge in [0.15, 0.2) is 0 Å². The van der Waals surface area contributed by atoms with Crippen molar-refractivity contribution in [3.8, 4) is 5.75 Å². The number of carboxylic acids is 1. The van der Waals surface area contributed by atoms with Gasteiger partial charge in [-0.2, -0.15) is 0 Å². The van der Waals surface area contributed by atoms with E-state index in [2.05, 4.69) is 10.6 Å². The lowest BCUT2D eigenvalue weighted by Crippen LogP contribution is -2.20. The van der Waals surface area contributed by atoms with Gasteiger partial charge in [0.2, 0.25) is 0 Å². The van der Waals surface area contributed by atoms with Crippen LogP contribution in [0.5, 0.6) is 5.75 Å². The summed E-state index contributed by atoms with van der Waals surface area (Å²) in [7, 11) is 0. The number of nitrogens with one attached hydrogen (secondary N) is 2. The smallest absolute Gasteiger partial charge is 0.338 e. The van der Waals surface area contributed by atoms with Crippen LogP contribution in [0.25, 0.3) is 0 Å². The highest BCUT2D eigenvalue weighted by molar-refractivity contribution is 7.14. The Bertz CT molecular complexity index is 711. The maximum atomic E-state index is 11.9. The summed E-state index contributed by atoms with van der Waals surface area (Å²) >= 11 is 1.16. The predicted octanol–water partition coefficient (Wildman–Crippen LogP) is 3.03. The van der Waals surface area contributed by atoms with Crippen LogP contribution in [0.15, 0.2) is 29.6 Å². The second kappa shape index (κ2) is 5.45. The highest BCUT2D eigenvalue weighted by atomic mass is 32.1. The van der Waals surface area contributed by atoms with Crippen molar-refractivity contribution in [2.45, 2.75) is 6.42 Å². The lowest BCUT2D eigenvalue weighted by Gasteiger charge is -2.08. The lowest BCUT2D eigenvalue weighted by atomic mass is 10.1. The Balaban J connectivity index is 1.69. The number of thiophene rings is 1. The molecule has 1 aromatic carbocycles. The molecule has 0 unspecified atom stereocenters. The van der Waals surface area contributed by atoms with Gasteiger partial charge in [-0.1, -0.05) is 0 Å². The minimum absolute atomic E-state index is 0.0810. The van der Waals surface area contributed by atoms with Crippen molar-refractivity contribution in [2.24, 2.45) is 0 Å². The molecule has 2 heterocycles. The van der Waals surface area contributed by atoms with Gasteiger partial charge in [0.1, 0.15) is 10.8 Å². The Labute approximate surface area is 124 Å². The van der Waals surface area contributed by atoms with Crippen molar-refractivity contribution in [1.82, 2.24) is 0 Å². The molecule has 0 spiro atoms. The molecule has 0 atom stereocenters. The van der Waals surface area contributed by atoms with E-state index in [9.17, 15) is 9.59 Å². The molecule has 6 nitrogen and oxygen atoms in total. The summed E-state index contributed by atoms with van der Waals surface area (Å²) in [5, 5.41) is 16.1. The van der Waals surface area contributed by atoms with Crippen LogP contribution in [0, 0.1) is 0 Å². The van der Waals surface area contributed by atoms with Crippen LogP contribution in [0.2, 0.25) is 0 Å². The average molecular weight is 304 g/mol. The maximum Gasteiger partial charge on any atom is 0.338 e. The fourth-order valence-electron chi connectivity index (χ4n) is 2.10. The number of hydrogen-bond donors (Lipinski definition) is 3. The maximum absolute atomic E-state index is 11.9. The number of amides is 2. The zero-order valence-electron chi connectivity index (χ0n) is 10.9. The van der Waals surface area contributed by atoms with E-state index in [0.717, 1.165) is 29.1 Å². The first-order valence-electron chi connectivity index (χ1n) is 6.28. The Morgan fingerprint density at radius 1 is 1.24 bits per heavy atom. The largest absolute Gasteiger partial charge is 0.493 e. The quantitative estimate of drug-likeness (QED) is 0.813. The van der Waals surface area contributed by atoms with E-state index in [1.165, 1.54) is 6.07 Å². The number of anilines is 2. The molecule has 0 radical (unpaired) electrons. The van der Waals surface area contributed by atoms with Crippen molar-refractivity contribution >= 4 is 34.0 Å². The molecular formula is C14H12N2O4S. The molecule has 2 amide bonds. The number of rotatable bonds is 3. The zero-order valence-corrected chi connectivity index (χ0v) is 11.7. The molecule has 0 aliphatic carbocycles. The molecule has 2 aromatic rings. The van der Waals surface area contributed by atoms with E-state index in [4.69, 9.17) is 9.84 Å². The molecule has 7 heteroatoms. The molecule has 1 aromatic heterocycles. The highest BCUT2D eigenvalue weighted by Crippen LogP contribution is 2.28. The van der Waals surface area contributed by atoms with Gasteiger partial charge in [0, 0.05) is 12.1 Å². The summed E-state index contributed by atoms with van der Waals surface area (Å²) in [5.41, 5.74) is 1.78. The number of benzene rings is 1. The number of carbonyl (C=O) groups excluding carboxylic acids is 1. The minimum atomic E-state index is -1.07. The number of fused-ring (bicyclic) bond motifs is 1. The van der Waals surface area contributed by atoms with Gasteiger partial charge >= 0.3 is 12.0 Å². The van der Waals surface area contributed by atoms with Crippen LogP contribution in [-0.4, -0.2) is 23.7 Å². The van der Waals surface area contributed by atoms with E-state index in [-0.39, 0.29) is 5.56 Å². The van der Waals surface area contributed by atoms with Crippen LogP contribution in [-0.2, 0) is 6.42 Å². The average Bonchev–Trinajstić information content (AvgIpc) is 3.06. The fraction of sp³-hybridized carbons (Fsp3) is 0.143. The molecule has 108 valence electrons. The normalized spacial score (nSPS) is 12.4. The predicted molar refractivity (Wildman–Crippen MR) is 79.6 cm³/mol. The van der Waals surface area contributed by atoms with Crippen LogP contribution in [0.4, 0.5) is 15.5 Å². The van der Waals surface area contributed by atoms with Crippen molar-refractivity contribution in [3.63, 3.8) is 0 Å². The summed E-state index contributed by atoms with van der Waals surface area (Å²) in [4.78, 5) is 22.9. The minimum Gasteiger partial charge on any atom is -0.493 e. The number of aromatic carboxylic acids is 1. The fourth-order valence-corrected chi connectivity index (χ4v) is 2.88. The highest BCUT2D eigenvalue weighted by Gasteiger charge is 2.15. The van der Waals surface area contributed by atoms with Crippen LogP contribution < -0.4 is 15.4 Å². The molecule has 1 aliphatic heterocycles. The molecule has 1 aliphatic rings. The van der Waals surface area contributed by atoms with Crippen molar-refractivity contribution in [2.75, 3.05) is 17.2 Å². The van der Waals surface area contributed by atoms with E-state index >= 15 is 0 Å². The third kappa shape index (κ3) is 2.82. The number of carboxylic acid groups (broad SMARTS) is 1. The second-order valence-corrected chi connectivity index (χ2v) is 5.38. The van der Waals surface area contributed by atoms with Gasteiger partial charge in [-0.15, -0.1) is 11.3 Å². The Kier molecular flexibility index (Phi) is 3.49. The molecular weight excluding hydrogens is 292 g/mol. The van der Waals surface area contributed by atoms with E-state index in [0.29, 0.717) is 17.3 Å². The van der Waals surface area contributed by atoms with Gasteiger partial charge in [-0.3, -0.25) is 5.32 Å². The topological polar surface area (TPSA) is 87.7 Å². The number of ether oxygens (including phenoxy) is 1. The van der Waals surface area contributed by atoms with Gasteiger partial charge in [-0.25, -0.2) is 9.59 Å². The zero-order chi connectivity index (χ0) is 14.8. The molecule has 0 saturated heterocycles. The second-order valence-electron chi connectivity index (χ2n) is 4.47. The SMILES string of the molecule is O=C(Nc1ccc2c(c1)CCO2)Nc1sccc1C(=O)O. The summed E-state index contributed by atoms with van der Waals surface area (Å²) in [6, 6.07) is 6.39. The van der Waals surface area contributed by atoms with Crippen molar-refractivity contribution in [1.29, 1.82) is 0 Å². The van der Waals surface area contributed by atoms with Crippen LogP contribution in [0.3, 0.4) is 0 Å². The van der Waals surface area contributed by atoms with Crippen LogP contribution >= 0.6 is 11.3 Å². The Hall–Kier alpha value is -2.54. The first kappa shape index (κ1) is 13.4. The van der Waals surface area contributed by atoms with Gasteiger partial charge in [-0.05, 0) is 35.2 Å². The molecule has 0 bridgehead atoms. The Morgan fingerprint density at radius 2 is 2.10 bits per heavy atom. The van der Waals surface area contributed by atoms with Crippen molar-refractivity contribution < 1.29 is 19.4 Å². The first-order valence-corrected chi connectivity index (χ1v) is 7.16. The monoisotopic (exact) mass is 304 g/mol. The van der Waals surface area contributed by atoms with Gasteiger partial charge < -0.3 is 15.2 Å². The molecule has 21 heavy (non-hydrogen) atoms. The number of carbonyl (C=O) groups is 2. The summed E-state index contributed by atoms with van der Waals surface area (Å²) in [6.45, 7) is 0.655. The van der Waals surface area contributed by atoms with Gasteiger partial charge in [0.05, 0.1) is 12.2 Å². The summed E-state index contributed by atoms with van der Waals surface area (Å²) in [5.74, 6) is -0.228.